The lowest BCUT2D eigenvalue weighted by Crippen LogP contribution is -2.15. The van der Waals surface area contributed by atoms with Crippen LogP contribution in [0.3, 0.4) is 0 Å². The van der Waals surface area contributed by atoms with Crippen LogP contribution in [0, 0.1) is 0 Å². The van der Waals surface area contributed by atoms with Gasteiger partial charge in [-0.1, -0.05) is 6.58 Å². The quantitative estimate of drug-likeness (QED) is 0.0959. The summed E-state index contributed by atoms with van der Waals surface area (Å²) in [5.74, 6) is -1.69. The molecule has 0 amide bonds. The maximum atomic E-state index is 11.4. The van der Waals surface area contributed by atoms with Gasteiger partial charge in [0.1, 0.15) is 13.2 Å². The Morgan fingerprint density at radius 3 is 1.26 bits per heavy atom. The number of carboxylic acid groups (broad SMARTS) is 1. The van der Waals surface area contributed by atoms with Gasteiger partial charge in [0.2, 0.25) is 0 Å². The zero-order valence-electron chi connectivity index (χ0n) is 20.5. The van der Waals surface area contributed by atoms with Gasteiger partial charge in [0.05, 0.1) is 79.3 Å². The molecule has 204 valence electrons. The Bertz CT molecular complexity index is 541. The highest BCUT2D eigenvalue weighted by Gasteiger charge is 2.04. The number of hydrogen-bond acceptors (Lipinski definition) is 11. The van der Waals surface area contributed by atoms with E-state index in [1.54, 1.807) is 0 Å². The summed E-state index contributed by atoms with van der Waals surface area (Å²) < 4.78 is 41.7. The van der Waals surface area contributed by atoms with E-state index in [-0.39, 0.29) is 38.6 Å². The fraction of sp³-hybridized carbons (Fsp3) is 0.783. The molecule has 0 saturated carbocycles. The average molecular weight is 509 g/mol. The molecule has 0 bridgehead atoms. The van der Waals surface area contributed by atoms with Crippen molar-refractivity contribution in [2.75, 3.05) is 92.5 Å². The molecule has 12 nitrogen and oxygen atoms in total. The monoisotopic (exact) mass is 508 g/mol. The van der Waals surface area contributed by atoms with Crippen LogP contribution in [0.5, 0.6) is 0 Å². The van der Waals surface area contributed by atoms with E-state index < -0.39 is 11.9 Å². The summed E-state index contributed by atoms with van der Waals surface area (Å²) in [5.41, 5.74) is 0. The maximum Gasteiger partial charge on any atom is 0.330 e. The van der Waals surface area contributed by atoms with E-state index >= 15 is 0 Å². The molecule has 0 atom stereocenters. The number of carbonyl (C=O) groups excluding carboxylic acids is 2. The Morgan fingerprint density at radius 1 is 0.543 bits per heavy atom. The van der Waals surface area contributed by atoms with Crippen LogP contribution in [0.15, 0.2) is 12.7 Å². The molecule has 0 rings (SSSR count). The molecule has 0 radical (unpaired) electrons. The Balaban J connectivity index is 3.13. The summed E-state index contributed by atoms with van der Waals surface area (Å²) in [6.07, 6.45) is 2.33. The number of ether oxygens (including phenoxy) is 8. The highest BCUT2D eigenvalue weighted by molar-refractivity contribution is 5.81. The Labute approximate surface area is 206 Å². The average Bonchev–Trinajstić information content (AvgIpc) is 2.84. The van der Waals surface area contributed by atoms with Gasteiger partial charge in [-0.25, -0.2) is 4.79 Å². The molecule has 0 aromatic carbocycles. The summed E-state index contributed by atoms with van der Waals surface area (Å²) in [4.78, 5) is 32.6. The Kier molecular flexibility index (Phi) is 24.9. The Hall–Kier alpha value is -2.09. The third-order valence-corrected chi connectivity index (χ3v) is 4.01. The van der Waals surface area contributed by atoms with Crippen molar-refractivity contribution in [2.45, 2.75) is 25.7 Å². The van der Waals surface area contributed by atoms with Crippen molar-refractivity contribution in [1.29, 1.82) is 0 Å². The number of unbranched alkanes of at least 4 members (excludes halogenated alkanes) is 1. The zero-order chi connectivity index (χ0) is 25.8. The van der Waals surface area contributed by atoms with Gasteiger partial charge in [0.25, 0.3) is 0 Å². The molecule has 0 unspecified atom stereocenters. The topological polar surface area (TPSA) is 145 Å². The number of esters is 2. The lowest BCUT2D eigenvalue weighted by Gasteiger charge is -2.08. The molecule has 0 aliphatic carbocycles. The van der Waals surface area contributed by atoms with Crippen molar-refractivity contribution in [1.82, 2.24) is 0 Å². The number of carbonyl (C=O) groups is 3. The minimum atomic E-state index is -0.865. The Morgan fingerprint density at radius 2 is 0.886 bits per heavy atom. The standard InChI is InChI=1S/C23H40O12/c1-2-22(26)34-19-17-32-15-13-30-11-9-28-7-8-29-10-12-31-14-16-33-18-20-35-23(27)6-4-3-5-21(24)25/h2H,1,3-20H2,(H,24,25). The molecule has 0 aliphatic rings. The second kappa shape index (κ2) is 26.5. The molecule has 0 fully saturated rings. The van der Waals surface area contributed by atoms with E-state index in [1.165, 1.54) is 0 Å². The molecule has 0 aromatic rings. The van der Waals surface area contributed by atoms with Gasteiger partial charge in [-0.15, -0.1) is 0 Å². The summed E-state index contributed by atoms with van der Waals surface area (Å²) in [6.45, 7) is 8.54. The molecule has 1 N–H and O–H groups in total. The molecule has 0 aromatic heterocycles. The van der Waals surface area contributed by atoms with Gasteiger partial charge in [-0.05, 0) is 12.8 Å². The minimum Gasteiger partial charge on any atom is -0.481 e. The molecule has 0 spiro atoms. The first-order valence-electron chi connectivity index (χ1n) is 11.7. The van der Waals surface area contributed by atoms with Crippen molar-refractivity contribution in [3.63, 3.8) is 0 Å². The van der Waals surface area contributed by atoms with Gasteiger partial charge in [0, 0.05) is 18.9 Å². The van der Waals surface area contributed by atoms with Gasteiger partial charge in [0.15, 0.2) is 0 Å². The second-order valence-corrected chi connectivity index (χ2v) is 6.87. The summed E-state index contributed by atoms with van der Waals surface area (Å²) in [6, 6.07) is 0. The van der Waals surface area contributed by atoms with Crippen LogP contribution >= 0.6 is 0 Å². The number of aliphatic carboxylic acids is 1. The smallest absolute Gasteiger partial charge is 0.330 e. The predicted molar refractivity (Wildman–Crippen MR) is 123 cm³/mol. The number of carboxylic acids is 1. The van der Waals surface area contributed by atoms with Gasteiger partial charge in [-0.2, -0.15) is 0 Å². The maximum absolute atomic E-state index is 11.4. The van der Waals surface area contributed by atoms with E-state index in [0.29, 0.717) is 85.5 Å². The predicted octanol–water partition coefficient (Wildman–Crippen LogP) is 1.00. The number of rotatable bonds is 27. The molecule has 0 heterocycles. The van der Waals surface area contributed by atoms with Crippen LogP contribution in [-0.2, 0) is 52.3 Å². The summed E-state index contributed by atoms with van der Waals surface area (Å²) in [5, 5.41) is 8.51. The third-order valence-electron chi connectivity index (χ3n) is 4.01. The van der Waals surface area contributed by atoms with Gasteiger partial charge < -0.3 is 43.0 Å². The highest BCUT2D eigenvalue weighted by Crippen LogP contribution is 2.01. The lowest BCUT2D eigenvalue weighted by atomic mass is 10.2. The molecule has 0 saturated heterocycles. The first-order chi connectivity index (χ1) is 17.1. The fourth-order valence-corrected chi connectivity index (χ4v) is 2.29. The molecular weight excluding hydrogens is 468 g/mol. The van der Waals surface area contributed by atoms with E-state index in [2.05, 4.69) is 6.58 Å². The fourth-order valence-electron chi connectivity index (χ4n) is 2.29. The number of hydrogen-bond donors (Lipinski definition) is 1. The van der Waals surface area contributed by atoms with E-state index in [4.69, 9.17) is 43.0 Å². The molecule has 12 heteroatoms. The van der Waals surface area contributed by atoms with Crippen molar-refractivity contribution in [3.05, 3.63) is 12.7 Å². The van der Waals surface area contributed by atoms with Crippen molar-refractivity contribution in [2.24, 2.45) is 0 Å². The van der Waals surface area contributed by atoms with Crippen LogP contribution in [0.2, 0.25) is 0 Å². The van der Waals surface area contributed by atoms with Crippen LogP contribution in [0.1, 0.15) is 25.7 Å². The second-order valence-electron chi connectivity index (χ2n) is 6.87. The van der Waals surface area contributed by atoms with Crippen molar-refractivity contribution in [3.8, 4) is 0 Å². The third kappa shape index (κ3) is 28.0. The molecule has 0 aliphatic heterocycles. The summed E-state index contributed by atoms with van der Waals surface area (Å²) >= 11 is 0. The van der Waals surface area contributed by atoms with E-state index in [1.807, 2.05) is 0 Å². The van der Waals surface area contributed by atoms with Crippen molar-refractivity contribution >= 4 is 17.9 Å². The van der Waals surface area contributed by atoms with Gasteiger partial charge >= 0.3 is 17.9 Å². The van der Waals surface area contributed by atoms with E-state index in [9.17, 15) is 14.4 Å². The highest BCUT2D eigenvalue weighted by atomic mass is 16.6. The van der Waals surface area contributed by atoms with Crippen LogP contribution < -0.4 is 0 Å². The van der Waals surface area contributed by atoms with Crippen molar-refractivity contribution < 1.29 is 57.4 Å². The van der Waals surface area contributed by atoms with Gasteiger partial charge in [-0.3, -0.25) is 9.59 Å². The lowest BCUT2D eigenvalue weighted by molar-refractivity contribution is -0.146. The normalized spacial score (nSPS) is 10.7. The van der Waals surface area contributed by atoms with Crippen LogP contribution in [0.25, 0.3) is 0 Å². The van der Waals surface area contributed by atoms with Crippen LogP contribution in [-0.4, -0.2) is 116 Å². The molecule has 35 heavy (non-hydrogen) atoms. The first-order valence-corrected chi connectivity index (χ1v) is 11.7. The largest absolute Gasteiger partial charge is 0.481 e. The first kappa shape index (κ1) is 32.9. The van der Waals surface area contributed by atoms with E-state index in [0.717, 1.165) is 6.08 Å². The minimum absolute atomic E-state index is 0.0588. The summed E-state index contributed by atoms with van der Waals surface area (Å²) in [7, 11) is 0. The zero-order valence-corrected chi connectivity index (χ0v) is 20.5. The molecular formula is C23H40O12. The SMILES string of the molecule is C=CC(=O)OCCOCCOCCOCCOCCOCCOCCOC(=O)CCCCC(=O)O. The van der Waals surface area contributed by atoms with Crippen LogP contribution in [0.4, 0.5) is 0 Å².